The predicted octanol–water partition coefficient (Wildman–Crippen LogP) is 2.30. The van der Waals surface area contributed by atoms with Gasteiger partial charge in [0.2, 0.25) is 0 Å². The highest BCUT2D eigenvalue weighted by Crippen LogP contribution is 2.35. The molecule has 0 aromatic carbocycles. The van der Waals surface area contributed by atoms with Crippen LogP contribution in [0, 0.1) is 11.8 Å². The van der Waals surface area contributed by atoms with Gasteiger partial charge in [-0.15, -0.1) is 0 Å². The molecule has 0 aromatic rings. The van der Waals surface area contributed by atoms with E-state index in [0.29, 0.717) is 5.92 Å². The first-order valence-corrected chi connectivity index (χ1v) is 6.66. The normalized spacial score (nSPS) is 20.6. The van der Waals surface area contributed by atoms with Gasteiger partial charge >= 0.3 is 0 Å². The van der Waals surface area contributed by atoms with Gasteiger partial charge < -0.3 is 4.74 Å². The van der Waals surface area contributed by atoms with Crippen LogP contribution < -0.4 is 0 Å². The molecule has 1 fully saturated rings. The number of ether oxygens (including phenoxy) is 1. The molecule has 1 aliphatic carbocycles. The quantitative estimate of drug-likeness (QED) is 0.644. The molecule has 0 heterocycles. The Hall–Kier alpha value is 0.270. The third-order valence-corrected chi connectivity index (χ3v) is 3.94. The first-order chi connectivity index (χ1) is 7.19. The molecule has 0 bridgehead atoms. The second-order valence-electron chi connectivity index (χ2n) is 4.85. The maximum absolute atomic E-state index is 5.18. The number of thiol groups is 1. The fourth-order valence-electron chi connectivity index (χ4n) is 2.00. The maximum Gasteiger partial charge on any atom is 0.0589 e. The molecule has 0 saturated heterocycles. The highest BCUT2D eigenvalue weighted by Gasteiger charge is 2.32. The van der Waals surface area contributed by atoms with E-state index < -0.39 is 0 Å². The lowest BCUT2D eigenvalue weighted by atomic mass is 10.1. The molecule has 0 aromatic heterocycles. The van der Waals surface area contributed by atoms with Gasteiger partial charge in [0.05, 0.1) is 6.61 Å². The molecule has 1 aliphatic rings. The van der Waals surface area contributed by atoms with Crippen LogP contribution in [-0.2, 0) is 4.74 Å². The minimum atomic E-state index is 0.673. The van der Waals surface area contributed by atoms with Crippen LogP contribution in [0.3, 0.4) is 0 Å². The average molecular weight is 231 g/mol. The van der Waals surface area contributed by atoms with Gasteiger partial charge in [-0.25, -0.2) is 0 Å². The summed E-state index contributed by atoms with van der Waals surface area (Å²) in [6.07, 6.45) is 2.83. The van der Waals surface area contributed by atoms with Crippen LogP contribution in [0.2, 0.25) is 0 Å². The van der Waals surface area contributed by atoms with Crippen molar-refractivity contribution in [3.8, 4) is 0 Å². The van der Waals surface area contributed by atoms with Crippen molar-refractivity contribution in [2.45, 2.75) is 32.7 Å². The third-order valence-electron chi connectivity index (χ3n) is 3.32. The van der Waals surface area contributed by atoms with Crippen molar-refractivity contribution in [3.63, 3.8) is 0 Å². The molecule has 0 amide bonds. The lowest BCUT2D eigenvalue weighted by Crippen LogP contribution is -2.40. The molecule has 2 unspecified atom stereocenters. The Morgan fingerprint density at radius 2 is 2.07 bits per heavy atom. The van der Waals surface area contributed by atoms with E-state index in [1.807, 2.05) is 0 Å². The van der Waals surface area contributed by atoms with Gasteiger partial charge in [0, 0.05) is 26.2 Å². The third kappa shape index (κ3) is 4.75. The molecule has 1 saturated carbocycles. The summed E-state index contributed by atoms with van der Waals surface area (Å²) in [4.78, 5) is 2.57. The lowest BCUT2D eigenvalue weighted by Gasteiger charge is -2.31. The summed E-state index contributed by atoms with van der Waals surface area (Å²) in [6.45, 7) is 7.69. The van der Waals surface area contributed by atoms with Crippen molar-refractivity contribution in [2.75, 3.05) is 32.6 Å². The van der Waals surface area contributed by atoms with Gasteiger partial charge in [0.15, 0.2) is 0 Å². The largest absolute Gasteiger partial charge is 0.383 e. The SMILES string of the molecule is COCCN(CC(C)CS)C(C)C1CC1. The van der Waals surface area contributed by atoms with Gasteiger partial charge in [0.1, 0.15) is 0 Å². The van der Waals surface area contributed by atoms with Crippen LogP contribution in [-0.4, -0.2) is 43.5 Å². The Kier molecular flexibility index (Phi) is 6.02. The summed E-state index contributed by atoms with van der Waals surface area (Å²) in [5.74, 6) is 2.58. The molecule has 15 heavy (non-hydrogen) atoms. The standard InChI is InChI=1S/C12H25NOS/c1-10(9-15)8-13(6-7-14-3)11(2)12-4-5-12/h10-12,15H,4-9H2,1-3H3. The zero-order chi connectivity index (χ0) is 11.3. The summed E-state index contributed by atoms with van der Waals surface area (Å²) in [7, 11) is 1.78. The van der Waals surface area contributed by atoms with Gasteiger partial charge in [-0.2, -0.15) is 12.6 Å². The van der Waals surface area contributed by atoms with Crippen LogP contribution in [0.25, 0.3) is 0 Å². The summed E-state index contributed by atoms with van der Waals surface area (Å²) >= 11 is 4.36. The monoisotopic (exact) mass is 231 g/mol. The molecule has 2 nitrogen and oxygen atoms in total. The molecule has 0 spiro atoms. The molecular formula is C12H25NOS. The average Bonchev–Trinajstić information content (AvgIpc) is 3.06. The second kappa shape index (κ2) is 6.77. The van der Waals surface area contributed by atoms with E-state index in [9.17, 15) is 0 Å². The van der Waals surface area contributed by atoms with Gasteiger partial charge in [-0.3, -0.25) is 4.90 Å². The molecule has 1 rings (SSSR count). The van der Waals surface area contributed by atoms with Crippen molar-refractivity contribution in [1.82, 2.24) is 4.90 Å². The number of hydrogen-bond acceptors (Lipinski definition) is 3. The summed E-state index contributed by atoms with van der Waals surface area (Å²) in [6, 6.07) is 0.725. The topological polar surface area (TPSA) is 12.5 Å². The first kappa shape index (κ1) is 13.3. The summed E-state index contributed by atoms with van der Waals surface area (Å²) < 4.78 is 5.18. The van der Waals surface area contributed by atoms with E-state index in [1.54, 1.807) is 7.11 Å². The van der Waals surface area contributed by atoms with Crippen molar-refractivity contribution in [3.05, 3.63) is 0 Å². The van der Waals surface area contributed by atoms with E-state index in [2.05, 4.69) is 31.4 Å². The summed E-state index contributed by atoms with van der Waals surface area (Å²) in [5.41, 5.74) is 0. The highest BCUT2D eigenvalue weighted by atomic mass is 32.1. The minimum absolute atomic E-state index is 0.673. The van der Waals surface area contributed by atoms with E-state index in [1.165, 1.54) is 12.8 Å². The zero-order valence-electron chi connectivity index (χ0n) is 10.3. The molecule has 0 N–H and O–H groups in total. The molecule has 2 atom stereocenters. The Morgan fingerprint density at radius 3 is 2.53 bits per heavy atom. The predicted molar refractivity (Wildman–Crippen MR) is 68.7 cm³/mol. The number of rotatable bonds is 8. The molecule has 0 radical (unpaired) electrons. The fourth-order valence-corrected chi connectivity index (χ4v) is 2.12. The Balaban J connectivity index is 2.36. The van der Waals surface area contributed by atoms with Gasteiger partial charge in [0.25, 0.3) is 0 Å². The molecule has 90 valence electrons. The van der Waals surface area contributed by atoms with Crippen molar-refractivity contribution in [1.29, 1.82) is 0 Å². The van der Waals surface area contributed by atoms with E-state index in [0.717, 1.165) is 37.4 Å². The van der Waals surface area contributed by atoms with Crippen LogP contribution in [0.4, 0.5) is 0 Å². The van der Waals surface area contributed by atoms with Crippen molar-refractivity contribution in [2.24, 2.45) is 11.8 Å². The molecule has 3 heteroatoms. The van der Waals surface area contributed by atoms with Crippen LogP contribution >= 0.6 is 12.6 Å². The van der Waals surface area contributed by atoms with E-state index in [-0.39, 0.29) is 0 Å². The van der Waals surface area contributed by atoms with E-state index in [4.69, 9.17) is 4.74 Å². The van der Waals surface area contributed by atoms with Crippen LogP contribution in [0.1, 0.15) is 26.7 Å². The van der Waals surface area contributed by atoms with Gasteiger partial charge in [-0.1, -0.05) is 6.92 Å². The highest BCUT2D eigenvalue weighted by molar-refractivity contribution is 7.80. The smallest absolute Gasteiger partial charge is 0.0589 e. The van der Waals surface area contributed by atoms with Crippen LogP contribution in [0.5, 0.6) is 0 Å². The number of nitrogens with zero attached hydrogens (tertiary/aromatic N) is 1. The summed E-state index contributed by atoms with van der Waals surface area (Å²) in [5, 5.41) is 0. The van der Waals surface area contributed by atoms with Gasteiger partial charge in [-0.05, 0) is 37.4 Å². The lowest BCUT2D eigenvalue weighted by molar-refractivity contribution is 0.108. The first-order valence-electron chi connectivity index (χ1n) is 6.02. The molecule has 0 aliphatic heterocycles. The van der Waals surface area contributed by atoms with Crippen LogP contribution in [0.15, 0.2) is 0 Å². The maximum atomic E-state index is 5.18. The Bertz CT molecular complexity index is 173. The second-order valence-corrected chi connectivity index (χ2v) is 5.22. The Labute approximate surface area is 99.8 Å². The fraction of sp³-hybridized carbons (Fsp3) is 1.00. The zero-order valence-corrected chi connectivity index (χ0v) is 11.2. The number of methoxy groups -OCH3 is 1. The van der Waals surface area contributed by atoms with Crippen molar-refractivity contribution >= 4 is 12.6 Å². The Morgan fingerprint density at radius 1 is 1.40 bits per heavy atom. The number of hydrogen-bond donors (Lipinski definition) is 1. The minimum Gasteiger partial charge on any atom is -0.383 e. The van der Waals surface area contributed by atoms with E-state index >= 15 is 0 Å². The van der Waals surface area contributed by atoms with Crippen molar-refractivity contribution < 1.29 is 4.74 Å². The molecular weight excluding hydrogens is 206 g/mol.